The number of nitrogens with zero attached hydrogens (tertiary/aromatic N) is 4. The molecule has 1 aromatic carbocycles. The van der Waals surface area contributed by atoms with E-state index in [2.05, 4.69) is 30.9 Å². The third kappa shape index (κ3) is 5.99. The fourth-order valence-electron chi connectivity index (χ4n) is 2.76. The first kappa shape index (κ1) is 22.0. The van der Waals surface area contributed by atoms with Crippen molar-refractivity contribution in [3.63, 3.8) is 0 Å². The molecular weight excluding hydrogens is 360 g/mol. The summed E-state index contributed by atoms with van der Waals surface area (Å²) in [5.41, 5.74) is -3.00. The average molecular weight is 382 g/mol. The second-order valence-corrected chi connectivity index (χ2v) is 5.75. The maximum absolute atomic E-state index is 10.4. The summed E-state index contributed by atoms with van der Waals surface area (Å²) in [5.74, 6) is -1.21. The molecular formula is C16H22N4O7. The lowest BCUT2D eigenvalue weighted by molar-refractivity contribution is -0.404. The number of likely N-dealkylation sites (N-methyl/N-ethyl adjacent to an activating group) is 1. The highest BCUT2D eigenvalue weighted by Crippen LogP contribution is 2.38. The van der Waals surface area contributed by atoms with Gasteiger partial charge in [-0.1, -0.05) is 26.0 Å². The van der Waals surface area contributed by atoms with Crippen LogP contribution in [0.1, 0.15) is 33.1 Å². The van der Waals surface area contributed by atoms with Crippen LogP contribution in [0, 0.1) is 30.3 Å². The van der Waals surface area contributed by atoms with Gasteiger partial charge in [0.15, 0.2) is 0 Å². The number of hydrogen-bond donors (Lipinski definition) is 1. The average Bonchev–Trinajstić information content (AvgIpc) is 2.63. The van der Waals surface area contributed by atoms with Crippen molar-refractivity contribution in [3.8, 4) is 5.75 Å². The highest BCUT2D eigenvalue weighted by molar-refractivity contribution is 5.64. The Kier molecular flexibility index (Phi) is 8.27. The molecule has 0 spiro atoms. The van der Waals surface area contributed by atoms with Crippen molar-refractivity contribution >= 4 is 17.1 Å². The summed E-state index contributed by atoms with van der Waals surface area (Å²) in [6.45, 7) is 6.86. The number of nitro groups is 3. The first-order valence-corrected chi connectivity index (χ1v) is 8.43. The van der Waals surface area contributed by atoms with Gasteiger partial charge in [-0.2, -0.15) is 0 Å². The van der Waals surface area contributed by atoms with Gasteiger partial charge in [0.05, 0.1) is 26.9 Å². The molecule has 0 aliphatic heterocycles. The van der Waals surface area contributed by atoms with Crippen LogP contribution in [0.2, 0.25) is 0 Å². The third-order valence-corrected chi connectivity index (χ3v) is 4.17. The molecule has 27 heavy (non-hydrogen) atoms. The van der Waals surface area contributed by atoms with Crippen LogP contribution >= 0.6 is 0 Å². The molecule has 0 saturated heterocycles. The van der Waals surface area contributed by atoms with Crippen LogP contribution in [0.4, 0.5) is 17.1 Å². The van der Waals surface area contributed by atoms with E-state index in [-0.39, 0.29) is 0 Å². The molecule has 11 heteroatoms. The Morgan fingerprint density at radius 3 is 1.89 bits per heavy atom. The van der Waals surface area contributed by atoms with Gasteiger partial charge >= 0.3 is 11.4 Å². The van der Waals surface area contributed by atoms with Gasteiger partial charge in [-0.3, -0.25) is 35.2 Å². The molecule has 0 saturated carbocycles. The summed E-state index contributed by atoms with van der Waals surface area (Å²) in [5, 5.41) is 40.2. The molecule has 0 bridgehead atoms. The van der Waals surface area contributed by atoms with Gasteiger partial charge in [-0.25, -0.2) is 0 Å². The van der Waals surface area contributed by atoms with E-state index in [1.807, 2.05) is 0 Å². The minimum absolute atomic E-state index is 0.447. The molecule has 1 aliphatic carbocycles. The van der Waals surface area contributed by atoms with E-state index in [9.17, 15) is 30.3 Å². The molecule has 1 atom stereocenters. The summed E-state index contributed by atoms with van der Waals surface area (Å²) in [4.78, 5) is 30.3. The second kappa shape index (κ2) is 10.2. The number of non-ortho nitro benzene ring substituents is 1. The van der Waals surface area contributed by atoms with Crippen molar-refractivity contribution in [1.29, 1.82) is 0 Å². The lowest BCUT2D eigenvalue weighted by atomic mass is 10.0. The Balaban J connectivity index is 0.000000289. The lowest BCUT2D eigenvalue weighted by Gasteiger charge is -2.28. The van der Waals surface area contributed by atoms with Crippen LogP contribution < -0.4 is 0 Å². The molecule has 148 valence electrons. The van der Waals surface area contributed by atoms with E-state index in [0.717, 1.165) is 6.04 Å². The van der Waals surface area contributed by atoms with Crippen LogP contribution in [-0.2, 0) is 0 Å². The van der Waals surface area contributed by atoms with Crippen LogP contribution in [0.5, 0.6) is 5.75 Å². The van der Waals surface area contributed by atoms with Crippen LogP contribution in [0.25, 0.3) is 0 Å². The third-order valence-electron chi connectivity index (χ3n) is 4.17. The molecule has 0 amide bonds. The van der Waals surface area contributed by atoms with Gasteiger partial charge in [0, 0.05) is 6.04 Å². The largest absolute Gasteiger partial charge is 0.497 e. The number of hydrogen-bond acceptors (Lipinski definition) is 8. The fraction of sp³-hybridized carbons (Fsp3) is 0.500. The highest BCUT2D eigenvalue weighted by Gasteiger charge is 2.30. The predicted octanol–water partition coefficient (Wildman–Crippen LogP) is 3.55. The number of nitro benzene ring substituents is 3. The van der Waals surface area contributed by atoms with Gasteiger partial charge in [-0.15, -0.1) is 0 Å². The molecule has 0 fully saturated rings. The molecule has 1 unspecified atom stereocenters. The Hall–Kier alpha value is -3.08. The zero-order valence-corrected chi connectivity index (χ0v) is 15.1. The number of rotatable bonds is 6. The monoisotopic (exact) mass is 382 g/mol. The second-order valence-electron chi connectivity index (χ2n) is 5.75. The number of phenols is 1. The summed E-state index contributed by atoms with van der Waals surface area (Å²) in [6.07, 6.45) is 8.72. The van der Waals surface area contributed by atoms with Gasteiger partial charge in [0.25, 0.3) is 11.4 Å². The maximum atomic E-state index is 10.4. The van der Waals surface area contributed by atoms with E-state index in [0.29, 0.717) is 12.1 Å². The van der Waals surface area contributed by atoms with Crippen LogP contribution in [0.3, 0.4) is 0 Å². The smallest absolute Gasteiger partial charge is 0.324 e. The van der Waals surface area contributed by atoms with E-state index in [4.69, 9.17) is 5.11 Å². The van der Waals surface area contributed by atoms with E-state index < -0.39 is 37.6 Å². The van der Waals surface area contributed by atoms with Gasteiger partial charge in [0.2, 0.25) is 0 Å². The minimum atomic E-state index is -1.21. The molecule has 1 aliphatic rings. The van der Waals surface area contributed by atoms with Gasteiger partial charge < -0.3 is 5.11 Å². The molecule has 1 aromatic rings. The number of benzene rings is 1. The standard InChI is InChI=1S/C10H19N.C6H3N3O7/c1-3-11(4-2)10-8-6-5-7-9-10;10-6-4(8(13)14)1-3(7(11)12)2-5(6)9(15)16/h6,8,10H,3-5,7,9H2,1-2H3;1-2,10H. The fourth-order valence-corrected chi connectivity index (χ4v) is 2.76. The number of aromatic hydroxyl groups is 1. The maximum Gasteiger partial charge on any atom is 0.324 e. The van der Waals surface area contributed by atoms with E-state index in [1.165, 1.54) is 32.4 Å². The molecule has 0 aromatic heterocycles. The highest BCUT2D eigenvalue weighted by atomic mass is 16.6. The quantitative estimate of drug-likeness (QED) is 0.445. The summed E-state index contributed by atoms with van der Waals surface area (Å²) >= 11 is 0. The number of allylic oxidation sites excluding steroid dienone is 1. The summed E-state index contributed by atoms with van der Waals surface area (Å²) < 4.78 is 0. The zero-order chi connectivity index (χ0) is 20.6. The van der Waals surface area contributed by atoms with Gasteiger partial charge in [-0.05, 0) is 32.4 Å². The SMILES string of the molecule is CCN(CC)C1C=CCCC1.O=[N+]([O-])c1cc([N+](=O)[O-])c(O)c([N+](=O)[O-])c1. The van der Waals surface area contributed by atoms with Crippen LogP contribution in [-0.4, -0.2) is 43.9 Å². The van der Waals surface area contributed by atoms with E-state index >= 15 is 0 Å². The first-order chi connectivity index (χ1) is 12.7. The summed E-state index contributed by atoms with van der Waals surface area (Å²) in [6, 6.07) is 1.63. The van der Waals surface area contributed by atoms with Crippen molar-refractivity contribution in [2.24, 2.45) is 0 Å². The topological polar surface area (TPSA) is 153 Å². The van der Waals surface area contributed by atoms with Crippen molar-refractivity contribution in [3.05, 3.63) is 54.6 Å². The molecule has 0 radical (unpaired) electrons. The molecule has 2 rings (SSSR count). The minimum Gasteiger partial charge on any atom is -0.497 e. The predicted molar refractivity (Wildman–Crippen MR) is 97.8 cm³/mol. The normalized spacial score (nSPS) is 15.7. The zero-order valence-electron chi connectivity index (χ0n) is 15.1. The Bertz CT molecular complexity index is 696. The summed E-state index contributed by atoms with van der Waals surface area (Å²) in [7, 11) is 0. The molecule has 1 N–H and O–H groups in total. The Morgan fingerprint density at radius 1 is 1.04 bits per heavy atom. The molecule has 0 heterocycles. The van der Waals surface area contributed by atoms with Crippen molar-refractivity contribution < 1.29 is 19.9 Å². The van der Waals surface area contributed by atoms with Gasteiger partial charge in [0.1, 0.15) is 0 Å². The lowest BCUT2D eigenvalue weighted by Crippen LogP contribution is -2.34. The Morgan fingerprint density at radius 2 is 1.56 bits per heavy atom. The number of phenolic OH excluding ortho intramolecular Hbond substituents is 1. The Labute approximate surface area is 155 Å². The molecule has 11 nitrogen and oxygen atoms in total. The van der Waals surface area contributed by atoms with Crippen LogP contribution in [0.15, 0.2) is 24.3 Å². The van der Waals surface area contributed by atoms with Crippen molar-refractivity contribution in [2.75, 3.05) is 13.1 Å². The first-order valence-electron chi connectivity index (χ1n) is 8.43. The van der Waals surface area contributed by atoms with Crippen molar-refractivity contribution in [1.82, 2.24) is 4.90 Å². The van der Waals surface area contributed by atoms with E-state index in [1.54, 1.807) is 0 Å². The van der Waals surface area contributed by atoms with Crippen molar-refractivity contribution in [2.45, 2.75) is 39.2 Å².